The Morgan fingerprint density at radius 2 is 1.79 bits per heavy atom. The van der Waals surface area contributed by atoms with E-state index in [2.05, 4.69) is 4.74 Å². The summed E-state index contributed by atoms with van der Waals surface area (Å²) in [6, 6.07) is 8.16. The van der Waals surface area contributed by atoms with Gasteiger partial charge in [-0.05, 0) is 12.0 Å². The van der Waals surface area contributed by atoms with Gasteiger partial charge in [0.05, 0.1) is 6.61 Å². The number of aliphatic carboxylic acids is 1. The van der Waals surface area contributed by atoms with Crippen molar-refractivity contribution in [1.29, 1.82) is 0 Å². The van der Waals surface area contributed by atoms with Gasteiger partial charge in [0.25, 0.3) is 0 Å². The second-order valence-electron chi connectivity index (χ2n) is 4.21. The van der Waals surface area contributed by atoms with Crippen molar-refractivity contribution in [3.05, 3.63) is 35.9 Å². The Morgan fingerprint density at radius 1 is 1.21 bits per heavy atom. The van der Waals surface area contributed by atoms with Gasteiger partial charge in [0, 0.05) is 0 Å². The van der Waals surface area contributed by atoms with Crippen LogP contribution < -0.4 is 0 Å². The van der Waals surface area contributed by atoms with E-state index >= 15 is 0 Å². The molecule has 0 spiro atoms. The highest BCUT2D eigenvalue weighted by molar-refractivity contribution is 5.81. The minimum Gasteiger partial charge on any atom is -0.481 e. The molecule has 0 aliphatic heterocycles. The second-order valence-corrected chi connectivity index (χ2v) is 4.21. The highest BCUT2D eigenvalue weighted by atomic mass is 19.4. The number of ether oxygens (including phenoxy) is 1. The first-order valence-electron chi connectivity index (χ1n) is 5.75. The van der Waals surface area contributed by atoms with Crippen molar-refractivity contribution < 1.29 is 27.8 Å². The van der Waals surface area contributed by atoms with Gasteiger partial charge >= 0.3 is 12.1 Å². The summed E-state index contributed by atoms with van der Waals surface area (Å²) in [7, 11) is 0. The van der Waals surface area contributed by atoms with Crippen molar-refractivity contribution in [2.24, 2.45) is 0 Å². The van der Waals surface area contributed by atoms with Gasteiger partial charge in [0.15, 0.2) is 0 Å². The van der Waals surface area contributed by atoms with Crippen molar-refractivity contribution in [3.8, 4) is 0 Å². The van der Waals surface area contributed by atoms with Crippen molar-refractivity contribution in [2.45, 2.75) is 24.9 Å². The number of carboxylic acids is 1. The average molecular weight is 276 g/mol. The zero-order valence-corrected chi connectivity index (χ0v) is 10.4. The first kappa shape index (κ1) is 15.5. The molecule has 1 unspecified atom stereocenters. The maximum absolute atomic E-state index is 12.1. The van der Waals surface area contributed by atoms with Crippen molar-refractivity contribution >= 4 is 5.97 Å². The molecular weight excluding hydrogens is 261 g/mol. The van der Waals surface area contributed by atoms with Gasteiger partial charge in [-0.1, -0.05) is 37.3 Å². The van der Waals surface area contributed by atoms with Crippen LogP contribution in [0.25, 0.3) is 0 Å². The van der Waals surface area contributed by atoms with Crippen LogP contribution in [0.1, 0.15) is 18.9 Å². The molecule has 1 aromatic carbocycles. The molecule has 0 saturated carbocycles. The van der Waals surface area contributed by atoms with E-state index in [9.17, 15) is 23.1 Å². The van der Waals surface area contributed by atoms with Crippen LogP contribution in [0.15, 0.2) is 30.3 Å². The molecule has 19 heavy (non-hydrogen) atoms. The monoisotopic (exact) mass is 276 g/mol. The van der Waals surface area contributed by atoms with E-state index in [-0.39, 0.29) is 6.42 Å². The first-order chi connectivity index (χ1) is 8.82. The molecule has 0 aliphatic rings. The van der Waals surface area contributed by atoms with Crippen LogP contribution in [0, 0.1) is 0 Å². The van der Waals surface area contributed by atoms with Crippen LogP contribution in [-0.2, 0) is 14.9 Å². The maximum Gasteiger partial charge on any atom is 0.411 e. The summed E-state index contributed by atoms with van der Waals surface area (Å²) >= 11 is 0. The normalized spacial score (nSPS) is 14.9. The van der Waals surface area contributed by atoms with Crippen LogP contribution in [0.3, 0.4) is 0 Å². The number of rotatable bonds is 6. The lowest BCUT2D eigenvalue weighted by Gasteiger charge is -2.28. The fraction of sp³-hybridized carbons (Fsp3) is 0.462. The molecule has 6 heteroatoms. The minimum atomic E-state index is -4.46. The molecular formula is C13H15F3O3. The Bertz CT molecular complexity index is 417. The molecule has 1 rings (SSSR count). The summed E-state index contributed by atoms with van der Waals surface area (Å²) in [6.45, 7) is -0.352. The van der Waals surface area contributed by atoms with E-state index in [1.807, 2.05) is 0 Å². The van der Waals surface area contributed by atoms with Crippen molar-refractivity contribution in [3.63, 3.8) is 0 Å². The number of carbonyl (C=O) groups is 1. The van der Waals surface area contributed by atoms with Gasteiger partial charge in [0.1, 0.15) is 12.0 Å². The van der Waals surface area contributed by atoms with Crippen LogP contribution in [0.2, 0.25) is 0 Å². The Balaban J connectivity index is 2.92. The van der Waals surface area contributed by atoms with Crippen LogP contribution >= 0.6 is 0 Å². The van der Waals surface area contributed by atoms with Gasteiger partial charge < -0.3 is 9.84 Å². The smallest absolute Gasteiger partial charge is 0.411 e. The third kappa shape index (κ3) is 3.96. The lowest BCUT2D eigenvalue weighted by Crippen LogP contribution is -2.41. The molecule has 0 amide bonds. The minimum absolute atomic E-state index is 0.143. The van der Waals surface area contributed by atoms with Gasteiger partial charge in [0.2, 0.25) is 0 Å². The second kappa shape index (κ2) is 6.06. The molecule has 106 valence electrons. The predicted octanol–water partition coefficient (Wildman–Crippen LogP) is 3.00. The maximum atomic E-state index is 12.1. The molecule has 1 N–H and O–H groups in total. The molecule has 1 aromatic rings. The molecule has 0 heterocycles. The number of carboxylic acid groups (broad SMARTS) is 1. The molecule has 0 fully saturated rings. The lowest BCUT2D eigenvalue weighted by molar-refractivity contribution is -0.181. The first-order valence-corrected chi connectivity index (χ1v) is 5.75. The Morgan fingerprint density at radius 3 is 2.21 bits per heavy atom. The van der Waals surface area contributed by atoms with Crippen LogP contribution in [-0.4, -0.2) is 30.5 Å². The zero-order chi connectivity index (χ0) is 14.5. The lowest BCUT2D eigenvalue weighted by atomic mass is 9.79. The number of hydrogen-bond acceptors (Lipinski definition) is 2. The third-order valence-corrected chi connectivity index (χ3v) is 2.95. The largest absolute Gasteiger partial charge is 0.481 e. The van der Waals surface area contributed by atoms with E-state index in [1.165, 1.54) is 0 Å². The predicted molar refractivity (Wildman–Crippen MR) is 62.9 cm³/mol. The van der Waals surface area contributed by atoms with Gasteiger partial charge in [-0.2, -0.15) is 13.2 Å². The Kier molecular flexibility index (Phi) is 4.94. The van der Waals surface area contributed by atoms with Gasteiger partial charge in [-0.3, -0.25) is 4.79 Å². The molecule has 3 nitrogen and oxygen atoms in total. The van der Waals surface area contributed by atoms with E-state index < -0.39 is 30.8 Å². The standard InChI is InChI=1S/C13H15F3O3/c1-2-12(11(17)18,8-19-9-13(14,15)16)10-6-4-3-5-7-10/h3-7H,2,8-9H2,1H3,(H,17,18). The van der Waals surface area contributed by atoms with Gasteiger partial charge in [-0.15, -0.1) is 0 Å². The molecule has 0 bridgehead atoms. The summed E-state index contributed by atoms with van der Waals surface area (Å²) in [5, 5.41) is 9.35. The highest BCUT2D eigenvalue weighted by Gasteiger charge is 2.40. The fourth-order valence-corrected chi connectivity index (χ4v) is 1.82. The van der Waals surface area contributed by atoms with E-state index in [0.29, 0.717) is 5.56 Å². The SMILES string of the molecule is CCC(COCC(F)(F)F)(C(=O)O)c1ccccc1. The molecule has 0 aliphatic carbocycles. The molecule has 1 atom stereocenters. The van der Waals surface area contributed by atoms with E-state index in [0.717, 1.165) is 0 Å². The Hall–Kier alpha value is -1.56. The molecule has 0 aromatic heterocycles. The topological polar surface area (TPSA) is 46.5 Å². The summed E-state index contributed by atoms with van der Waals surface area (Å²) in [5.41, 5.74) is -1.01. The zero-order valence-electron chi connectivity index (χ0n) is 10.4. The summed E-state index contributed by atoms with van der Waals surface area (Å²) < 4.78 is 40.8. The van der Waals surface area contributed by atoms with Crippen molar-refractivity contribution in [2.75, 3.05) is 13.2 Å². The van der Waals surface area contributed by atoms with Gasteiger partial charge in [-0.25, -0.2) is 0 Å². The number of alkyl halides is 3. The van der Waals surface area contributed by atoms with Crippen LogP contribution in [0.4, 0.5) is 13.2 Å². The molecule has 0 saturated heterocycles. The third-order valence-electron chi connectivity index (χ3n) is 2.95. The molecule has 0 radical (unpaired) electrons. The Labute approximate surface area is 109 Å². The number of hydrogen-bond donors (Lipinski definition) is 1. The van der Waals surface area contributed by atoms with E-state index in [4.69, 9.17) is 0 Å². The quantitative estimate of drug-likeness (QED) is 0.868. The summed E-state index contributed by atoms with van der Waals surface area (Å²) in [5.74, 6) is -1.19. The van der Waals surface area contributed by atoms with Crippen molar-refractivity contribution in [1.82, 2.24) is 0 Å². The average Bonchev–Trinajstić information content (AvgIpc) is 2.34. The summed E-state index contributed by atoms with van der Waals surface area (Å²) in [6.07, 6.45) is -4.32. The number of benzene rings is 1. The fourth-order valence-electron chi connectivity index (χ4n) is 1.82. The van der Waals surface area contributed by atoms with Crippen LogP contribution in [0.5, 0.6) is 0 Å². The summed E-state index contributed by atoms with van der Waals surface area (Å²) in [4.78, 5) is 11.4. The number of halogens is 3. The van der Waals surface area contributed by atoms with E-state index in [1.54, 1.807) is 37.3 Å². The highest BCUT2D eigenvalue weighted by Crippen LogP contribution is 2.29.